The maximum atomic E-state index is 10.8. The summed E-state index contributed by atoms with van der Waals surface area (Å²) in [6.45, 7) is -1.00. The molecule has 1 aromatic carbocycles. The van der Waals surface area contributed by atoms with Gasteiger partial charge in [-0.3, -0.25) is 0 Å². The number of nitro benzene ring substituents is 1. The minimum Gasteiger partial charge on any atom is 1.00 e. The molecule has 1 unspecified atom stereocenters. The van der Waals surface area contributed by atoms with Gasteiger partial charge in [0, 0.05) is 0 Å². The van der Waals surface area contributed by atoms with Crippen LogP contribution in [0.25, 0.3) is 0 Å². The van der Waals surface area contributed by atoms with Crippen LogP contribution in [-0.2, 0) is 3.74 Å². The van der Waals surface area contributed by atoms with Crippen LogP contribution >= 0.6 is 0 Å². The molecule has 0 aliphatic heterocycles. The van der Waals surface area contributed by atoms with Crippen LogP contribution in [0.3, 0.4) is 0 Å². The minimum absolute atomic E-state index is 0. The van der Waals surface area contributed by atoms with Gasteiger partial charge in [0.05, 0.1) is 0 Å². The normalized spacial score (nSPS) is 11.8. The first-order chi connectivity index (χ1) is 8.75. The summed E-state index contributed by atoms with van der Waals surface area (Å²) in [5.41, 5.74) is -0.698. The van der Waals surface area contributed by atoms with Gasteiger partial charge in [0.25, 0.3) is 0 Å². The maximum absolute atomic E-state index is 10.8. The van der Waals surface area contributed by atoms with Gasteiger partial charge in [-0.05, 0) is 0 Å². The molecular formula is C9H10AsNNa2O8. The quantitative estimate of drug-likeness (QED) is 0.280. The Morgan fingerprint density at radius 1 is 1.33 bits per heavy atom. The third-order valence-electron chi connectivity index (χ3n) is 2.10. The predicted octanol–water partition coefficient (Wildman–Crippen LogP) is -9.37. The summed E-state index contributed by atoms with van der Waals surface area (Å²) < 4.78 is 36.7. The molecule has 1 rings (SSSR count). The van der Waals surface area contributed by atoms with Crippen LogP contribution in [0.15, 0.2) is 18.2 Å². The van der Waals surface area contributed by atoms with Crippen LogP contribution in [0.5, 0.6) is 5.75 Å². The van der Waals surface area contributed by atoms with E-state index in [1.165, 1.54) is 0 Å². The first kappa shape index (κ1) is 23.9. The fourth-order valence-electron chi connectivity index (χ4n) is 1.18. The third-order valence-corrected chi connectivity index (χ3v) is 4.01. The molecule has 0 aliphatic rings. The van der Waals surface area contributed by atoms with E-state index in [9.17, 15) is 22.0 Å². The van der Waals surface area contributed by atoms with Gasteiger partial charge < -0.3 is 0 Å². The molecule has 1 atom stereocenters. The molecule has 0 bridgehead atoms. The Morgan fingerprint density at radius 3 is 2.33 bits per heavy atom. The summed E-state index contributed by atoms with van der Waals surface area (Å²) in [5.74, 6) is -0.301. The minimum atomic E-state index is -5.73. The summed E-state index contributed by atoms with van der Waals surface area (Å²) in [7, 11) is 0. The molecule has 0 aromatic heterocycles. The van der Waals surface area contributed by atoms with Gasteiger partial charge in [-0.1, -0.05) is 0 Å². The maximum Gasteiger partial charge on any atom is 1.00 e. The molecule has 1 aromatic rings. The van der Waals surface area contributed by atoms with Crippen molar-refractivity contribution in [3.63, 3.8) is 0 Å². The van der Waals surface area contributed by atoms with Crippen LogP contribution in [0.1, 0.15) is 0 Å². The van der Waals surface area contributed by atoms with E-state index in [4.69, 9.17) is 14.9 Å². The monoisotopic (exact) mass is 381 g/mol. The van der Waals surface area contributed by atoms with E-state index in [-0.39, 0.29) is 64.9 Å². The van der Waals surface area contributed by atoms with Gasteiger partial charge >= 0.3 is 169 Å². The fourth-order valence-corrected chi connectivity index (χ4v) is 2.31. The number of aliphatic hydroxyl groups is 2. The van der Waals surface area contributed by atoms with Crippen LogP contribution in [0, 0.1) is 10.1 Å². The Bertz CT molecular complexity index is 522. The number of rotatable bonds is 6. The largest absolute Gasteiger partial charge is 1.00 e. The second kappa shape index (κ2) is 10.4. The second-order valence-electron chi connectivity index (χ2n) is 3.55. The van der Waals surface area contributed by atoms with Crippen LogP contribution in [0.4, 0.5) is 5.69 Å². The summed E-state index contributed by atoms with van der Waals surface area (Å²) in [5, 5.41) is 28.3. The third kappa shape index (κ3) is 7.62. The van der Waals surface area contributed by atoms with Crippen molar-refractivity contribution in [1.82, 2.24) is 0 Å². The van der Waals surface area contributed by atoms with Gasteiger partial charge in [0.15, 0.2) is 0 Å². The van der Waals surface area contributed by atoms with Gasteiger partial charge in [0.2, 0.25) is 0 Å². The molecule has 0 saturated carbocycles. The van der Waals surface area contributed by atoms with Crippen molar-refractivity contribution in [3.8, 4) is 5.75 Å². The smallest absolute Gasteiger partial charge is 1.00 e. The molecule has 0 heterocycles. The predicted molar refractivity (Wildman–Crippen MR) is 57.8 cm³/mol. The van der Waals surface area contributed by atoms with Crippen molar-refractivity contribution in [2.75, 3.05) is 13.2 Å². The summed E-state index contributed by atoms with van der Waals surface area (Å²) in [4.78, 5) is 9.83. The molecule has 21 heavy (non-hydrogen) atoms. The number of aliphatic hydroxyl groups excluding tert-OH is 2. The number of hydrogen-bond donors (Lipinski definition) is 2. The zero-order valence-corrected chi connectivity index (χ0v) is 17.3. The van der Waals surface area contributed by atoms with Crippen molar-refractivity contribution in [1.29, 1.82) is 0 Å². The van der Waals surface area contributed by atoms with Crippen molar-refractivity contribution in [2.45, 2.75) is 6.10 Å². The summed E-state index contributed by atoms with van der Waals surface area (Å²) >= 11 is -5.73. The Morgan fingerprint density at radius 2 is 1.90 bits per heavy atom. The number of ether oxygens (including phenoxy) is 1. The van der Waals surface area contributed by atoms with Crippen molar-refractivity contribution >= 4 is 24.2 Å². The molecule has 0 spiro atoms. The molecule has 9 nitrogen and oxygen atoms in total. The van der Waals surface area contributed by atoms with E-state index in [1.807, 2.05) is 0 Å². The van der Waals surface area contributed by atoms with Gasteiger partial charge in [-0.2, -0.15) is 0 Å². The summed E-state index contributed by atoms with van der Waals surface area (Å²) in [6, 6.07) is 2.47. The van der Waals surface area contributed by atoms with Crippen LogP contribution in [-0.4, -0.2) is 48.6 Å². The van der Waals surface area contributed by atoms with Crippen molar-refractivity contribution in [3.05, 3.63) is 28.3 Å². The molecular weight excluding hydrogens is 371 g/mol. The fraction of sp³-hybridized carbons (Fsp3) is 0.333. The van der Waals surface area contributed by atoms with E-state index in [2.05, 4.69) is 0 Å². The zero-order chi connectivity index (χ0) is 14.6. The average molecular weight is 381 g/mol. The molecule has 12 heteroatoms. The molecule has 0 amide bonds. The Kier molecular flexibility index (Phi) is 11.8. The Balaban J connectivity index is 0. The summed E-state index contributed by atoms with van der Waals surface area (Å²) in [6.07, 6.45) is -1.23. The first-order valence-electron chi connectivity index (χ1n) is 4.98. The SMILES string of the molecule is O=[N+]([O-])c1cc([As](=O)([O-])[O-])ccc1OCC(O)CO.[Na+].[Na+]. The topological polar surface area (TPSA) is 156 Å². The van der Waals surface area contributed by atoms with Crippen molar-refractivity contribution < 1.29 is 90.9 Å². The second-order valence-corrected chi connectivity index (χ2v) is 6.72. The van der Waals surface area contributed by atoms with Crippen molar-refractivity contribution in [2.24, 2.45) is 0 Å². The van der Waals surface area contributed by atoms with E-state index in [1.54, 1.807) is 0 Å². The molecule has 0 fully saturated rings. The van der Waals surface area contributed by atoms with E-state index in [0.29, 0.717) is 6.07 Å². The standard InChI is InChI=1S/C9H12AsNO8.2Na/c12-4-7(13)5-19-9-2-1-6(10(14,15)16)3-8(9)11(17)18;;/h1-3,7,12-13H,4-5H2,(H2,14,15,16);;/q;2*+1/p-2. The number of nitro groups is 1. The van der Waals surface area contributed by atoms with Crippen LogP contribution in [0.2, 0.25) is 0 Å². The first-order valence-corrected chi connectivity index (χ1v) is 8.22. The molecule has 106 valence electrons. The number of hydrogen-bond acceptors (Lipinski definition) is 8. The Hall–Kier alpha value is 0.618. The van der Waals surface area contributed by atoms with E-state index in [0.717, 1.165) is 12.1 Å². The van der Waals surface area contributed by atoms with Crippen LogP contribution < -0.4 is 76.4 Å². The average Bonchev–Trinajstić information content (AvgIpc) is 2.34. The van der Waals surface area contributed by atoms with Gasteiger partial charge in [-0.15, -0.1) is 0 Å². The molecule has 0 saturated heterocycles. The zero-order valence-electron chi connectivity index (χ0n) is 11.5. The molecule has 0 radical (unpaired) electrons. The number of benzene rings is 1. The van der Waals surface area contributed by atoms with E-state index < -0.39 is 48.5 Å². The molecule has 2 N–H and O–H groups in total. The van der Waals surface area contributed by atoms with E-state index >= 15 is 0 Å². The van der Waals surface area contributed by atoms with Gasteiger partial charge in [0.1, 0.15) is 0 Å². The van der Waals surface area contributed by atoms with Gasteiger partial charge in [-0.25, -0.2) is 0 Å². The Labute approximate surface area is 167 Å². The molecule has 0 aliphatic carbocycles. The number of nitrogens with zero attached hydrogens (tertiary/aromatic N) is 1.